The number of aromatic nitrogens is 2. The van der Waals surface area contributed by atoms with Crippen LogP contribution in [-0.4, -0.2) is 14.2 Å². The van der Waals surface area contributed by atoms with Crippen molar-refractivity contribution in [2.24, 2.45) is 24.3 Å². The van der Waals surface area contributed by atoms with Crippen LogP contribution in [0.3, 0.4) is 0 Å². The molecule has 1 aromatic heterocycles. The average Bonchev–Trinajstić information content (AvgIpc) is 2.56. The van der Waals surface area contributed by atoms with Crippen LogP contribution in [0.15, 0.2) is 62.4 Å². The second-order valence-corrected chi connectivity index (χ2v) is 5.13. The van der Waals surface area contributed by atoms with Crippen LogP contribution < -0.4 is 11.2 Å². The zero-order valence-corrected chi connectivity index (χ0v) is 12.6. The molecule has 0 fully saturated rings. The van der Waals surface area contributed by atoms with E-state index in [-0.39, 0.29) is 17.1 Å². The lowest BCUT2D eigenvalue weighted by Crippen LogP contribution is -2.35. The molecule has 0 aliphatic carbocycles. The van der Waals surface area contributed by atoms with Gasteiger partial charge in [-0.25, -0.2) is 4.79 Å². The number of benzene rings is 2. The number of hydrogen-bond donors (Lipinski definition) is 1. The zero-order chi connectivity index (χ0) is 16.6. The van der Waals surface area contributed by atoms with Gasteiger partial charge in [0.15, 0.2) is 5.69 Å². The van der Waals surface area contributed by atoms with Crippen molar-refractivity contribution in [2.45, 2.75) is 0 Å². The smallest absolute Gasteiger partial charge is 0.330 e. The molecule has 0 bridgehead atoms. The molecule has 0 saturated heterocycles. The molecular weight excluding hydrogens is 296 g/mol. The number of nitrogens with zero attached hydrogens (tertiary/aromatic N) is 4. The van der Waals surface area contributed by atoms with Crippen molar-refractivity contribution < 1.29 is 5.11 Å². The summed E-state index contributed by atoms with van der Waals surface area (Å²) in [6.45, 7) is 0. The first-order chi connectivity index (χ1) is 11.0. The highest BCUT2D eigenvalue weighted by Gasteiger charge is 2.08. The van der Waals surface area contributed by atoms with Crippen molar-refractivity contribution in [3.05, 3.63) is 63.4 Å². The molecule has 1 heterocycles. The molecule has 0 saturated carbocycles. The Morgan fingerprint density at radius 3 is 2.52 bits per heavy atom. The quantitative estimate of drug-likeness (QED) is 0.737. The van der Waals surface area contributed by atoms with Crippen molar-refractivity contribution in [3.63, 3.8) is 0 Å². The maximum Gasteiger partial charge on any atom is 0.330 e. The highest BCUT2D eigenvalue weighted by Crippen LogP contribution is 2.35. The number of rotatable bonds is 2. The first kappa shape index (κ1) is 14.7. The Balaban J connectivity index is 2.17. The maximum atomic E-state index is 12.0. The van der Waals surface area contributed by atoms with Crippen LogP contribution in [0.2, 0.25) is 0 Å². The summed E-state index contributed by atoms with van der Waals surface area (Å²) in [5.74, 6) is -0.0332. The summed E-state index contributed by atoms with van der Waals surface area (Å²) in [6, 6.07) is 10.7. The van der Waals surface area contributed by atoms with E-state index in [2.05, 4.69) is 10.2 Å². The molecule has 7 heteroatoms. The third-order valence-electron chi connectivity index (χ3n) is 3.57. The fourth-order valence-corrected chi connectivity index (χ4v) is 2.31. The van der Waals surface area contributed by atoms with Crippen LogP contribution >= 0.6 is 0 Å². The lowest BCUT2D eigenvalue weighted by atomic mass is 10.1. The highest BCUT2D eigenvalue weighted by molar-refractivity contribution is 5.95. The number of fused-ring (bicyclic) bond motifs is 1. The molecule has 3 aromatic rings. The summed E-state index contributed by atoms with van der Waals surface area (Å²) < 4.78 is 2.20. The van der Waals surface area contributed by atoms with Crippen LogP contribution in [0.4, 0.5) is 11.4 Å². The number of azo groups is 1. The minimum Gasteiger partial charge on any atom is -0.506 e. The normalized spacial score (nSPS) is 11.4. The molecule has 1 N–H and O–H groups in total. The Hall–Kier alpha value is -3.22. The van der Waals surface area contributed by atoms with Gasteiger partial charge in [-0.2, -0.15) is 0 Å². The van der Waals surface area contributed by atoms with E-state index in [1.807, 2.05) is 24.3 Å². The number of phenols is 1. The molecule has 2 aromatic carbocycles. The third-order valence-corrected chi connectivity index (χ3v) is 3.57. The SMILES string of the molecule is Cn1cc(N=Nc2c(O)ccc3ccccc23)c(=O)n(C)c1=O. The van der Waals surface area contributed by atoms with E-state index in [1.165, 1.54) is 30.9 Å². The Morgan fingerprint density at radius 1 is 1.00 bits per heavy atom. The van der Waals surface area contributed by atoms with E-state index in [0.717, 1.165) is 15.3 Å². The van der Waals surface area contributed by atoms with Crippen molar-refractivity contribution in [3.8, 4) is 5.75 Å². The summed E-state index contributed by atoms with van der Waals surface area (Å²) in [6.07, 6.45) is 1.32. The molecule has 0 aliphatic heterocycles. The van der Waals surface area contributed by atoms with Gasteiger partial charge in [-0.15, -0.1) is 10.2 Å². The molecule has 23 heavy (non-hydrogen) atoms. The standard InChI is InChI=1S/C16H14N4O3/c1-19-9-12(15(22)20(2)16(19)23)17-18-14-11-6-4-3-5-10(11)7-8-13(14)21/h3-9,21H,1-2H3. The first-order valence-electron chi connectivity index (χ1n) is 6.88. The van der Waals surface area contributed by atoms with Crippen molar-refractivity contribution in [1.29, 1.82) is 0 Å². The van der Waals surface area contributed by atoms with E-state index in [1.54, 1.807) is 6.07 Å². The molecule has 0 spiro atoms. The summed E-state index contributed by atoms with van der Waals surface area (Å²) in [7, 11) is 2.90. The maximum absolute atomic E-state index is 12.0. The predicted molar refractivity (Wildman–Crippen MR) is 86.7 cm³/mol. The van der Waals surface area contributed by atoms with Gasteiger partial charge in [0.25, 0.3) is 5.56 Å². The summed E-state index contributed by atoms with van der Waals surface area (Å²) in [4.78, 5) is 23.7. The molecule has 0 aliphatic rings. The van der Waals surface area contributed by atoms with Gasteiger partial charge in [0, 0.05) is 25.7 Å². The second-order valence-electron chi connectivity index (χ2n) is 5.13. The Bertz CT molecular complexity index is 1050. The van der Waals surface area contributed by atoms with Crippen molar-refractivity contribution >= 4 is 22.1 Å². The predicted octanol–water partition coefficient (Wildman–Crippen LogP) is 2.36. The Labute approximate surface area is 130 Å². The van der Waals surface area contributed by atoms with E-state index in [4.69, 9.17) is 0 Å². The van der Waals surface area contributed by atoms with Gasteiger partial charge in [-0.05, 0) is 11.5 Å². The Morgan fingerprint density at radius 2 is 1.74 bits per heavy atom. The minimum atomic E-state index is -0.545. The zero-order valence-electron chi connectivity index (χ0n) is 12.6. The third kappa shape index (κ3) is 2.52. The van der Waals surface area contributed by atoms with Crippen LogP contribution in [-0.2, 0) is 14.1 Å². The summed E-state index contributed by atoms with van der Waals surface area (Å²) in [5.41, 5.74) is -0.695. The van der Waals surface area contributed by atoms with Gasteiger partial charge in [0.05, 0.1) is 0 Å². The van der Waals surface area contributed by atoms with Crippen LogP contribution in [0.25, 0.3) is 10.8 Å². The molecule has 0 radical (unpaired) electrons. The summed E-state index contributed by atoms with van der Waals surface area (Å²) >= 11 is 0. The molecule has 0 atom stereocenters. The molecule has 3 rings (SSSR count). The van der Waals surface area contributed by atoms with E-state index in [0.29, 0.717) is 0 Å². The highest BCUT2D eigenvalue weighted by atomic mass is 16.3. The van der Waals surface area contributed by atoms with Crippen molar-refractivity contribution in [1.82, 2.24) is 9.13 Å². The van der Waals surface area contributed by atoms with Gasteiger partial charge < -0.3 is 9.67 Å². The molecule has 116 valence electrons. The van der Waals surface area contributed by atoms with Gasteiger partial charge in [-0.1, -0.05) is 30.3 Å². The lowest BCUT2D eigenvalue weighted by Gasteiger charge is -2.04. The number of aromatic hydroxyl groups is 1. The monoisotopic (exact) mass is 310 g/mol. The number of hydrogen-bond acceptors (Lipinski definition) is 5. The van der Waals surface area contributed by atoms with Crippen LogP contribution in [0.5, 0.6) is 5.75 Å². The molecule has 0 amide bonds. The van der Waals surface area contributed by atoms with E-state index >= 15 is 0 Å². The fraction of sp³-hybridized carbons (Fsp3) is 0.125. The molecule has 7 nitrogen and oxygen atoms in total. The second kappa shape index (κ2) is 5.53. The van der Waals surface area contributed by atoms with Gasteiger partial charge in [0.2, 0.25) is 0 Å². The molecule has 0 unspecified atom stereocenters. The fourth-order valence-electron chi connectivity index (χ4n) is 2.31. The number of phenolic OH excluding ortho intramolecular Hbond substituents is 1. The molecular formula is C16H14N4O3. The van der Waals surface area contributed by atoms with Crippen molar-refractivity contribution in [2.75, 3.05) is 0 Å². The van der Waals surface area contributed by atoms with Gasteiger partial charge in [0.1, 0.15) is 11.4 Å². The van der Waals surface area contributed by atoms with E-state index < -0.39 is 11.2 Å². The summed E-state index contributed by atoms with van der Waals surface area (Å²) in [5, 5.41) is 19.6. The number of aryl methyl sites for hydroxylation is 1. The Kier molecular flexibility index (Phi) is 3.53. The van der Waals surface area contributed by atoms with Gasteiger partial charge in [-0.3, -0.25) is 9.36 Å². The minimum absolute atomic E-state index is 0.0157. The first-order valence-corrected chi connectivity index (χ1v) is 6.88. The van der Waals surface area contributed by atoms with E-state index in [9.17, 15) is 14.7 Å². The van der Waals surface area contributed by atoms with Gasteiger partial charge >= 0.3 is 5.69 Å². The largest absolute Gasteiger partial charge is 0.506 e. The average molecular weight is 310 g/mol. The topological polar surface area (TPSA) is 88.9 Å². The van der Waals surface area contributed by atoms with Crippen LogP contribution in [0.1, 0.15) is 0 Å². The lowest BCUT2D eigenvalue weighted by molar-refractivity contribution is 0.477. The van der Waals surface area contributed by atoms with Crippen LogP contribution in [0, 0.1) is 0 Å².